The fraction of sp³-hybridized carbons (Fsp3) is 0.923. The van der Waals surface area contributed by atoms with Crippen LogP contribution in [0.1, 0.15) is 53.4 Å². The summed E-state index contributed by atoms with van der Waals surface area (Å²) in [6.45, 7) is 10.9. The van der Waals surface area contributed by atoms with Gasteiger partial charge in [-0.15, -0.1) is 6.58 Å². The molecule has 0 aromatic carbocycles. The monoisotopic (exact) mass is 516 g/mol. The summed E-state index contributed by atoms with van der Waals surface area (Å²) in [5, 5.41) is 86.9. The van der Waals surface area contributed by atoms with E-state index in [1.54, 1.807) is 6.92 Å². The van der Waals surface area contributed by atoms with E-state index in [0.717, 1.165) is 0 Å². The lowest BCUT2D eigenvalue weighted by Crippen LogP contribution is -2.78. The van der Waals surface area contributed by atoms with Crippen molar-refractivity contribution in [2.24, 2.45) is 28.1 Å². The second kappa shape index (κ2) is 9.22. The van der Waals surface area contributed by atoms with Crippen molar-refractivity contribution in [3.63, 3.8) is 0 Å². The summed E-state index contributed by atoms with van der Waals surface area (Å²) in [4.78, 5) is 0. The zero-order valence-electron chi connectivity index (χ0n) is 21.6. The minimum absolute atomic E-state index is 0.118. The van der Waals surface area contributed by atoms with Crippen LogP contribution in [0.15, 0.2) is 12.7 Å². The van der Waals surface area contributed by atoms with Crippen LogP contribution in [-0.4, -0.2) is 108 Å². The molecule has 10 nitrogen and oxygen atoms in total. The van der Waals surface area contributed by atoms with E-state index in [1.807, 2.05) is 6.92 Å². The van der Waals surface area contributed by atoms with E-state index >= 15 is 0 Å². The molecule has 1 heterocycles. The van der Waals surface area contributed by atoms with Gasteiger partial charge in [0.1, 0.15) is 30.0 Å². The normalized spacial score (nSPS) is 56.9. The fourth-order valence-corrected chi connectivity index (χ4v) is 8.20. The lowest BCUT2D eigenvalue weighted by Gasteiger charge is -2.69. The summed E-state index contributed by atoms with van der Waals surface area (Å²) in [5.41, 5.74) is -4.39. The molecule has 0 aromatic rings. The van der Waals surface area contributed by atoms with Crippen LogP contribution in [-0.2, 0) is 9.47 Å². The van der Waals surface area contributed by atoms with E-state index in [-0.39, 0.29) is 24.2 Å². The quantitative estimate of drug-likeness (QED) is 0.217. The number of fused-ring (bicyclic) bond motifs is 3. The topological polar surface area (TPSA) is 180 Å². The van der Waals surface area contributed by atoms with Crippen molar-refractivity contribution < 1.29 is 50.3 Å². The van der Waals surface area contributed by atoms with Crippen LogP contribution in [0, 0.1) is 28.1 Å². The lowest BCUT2D eigenvalue weighted by molar-refractivity contribution is -0.362. The molecule has 1 aliphatic heterocycles. The third kappa shape index (κ3) is 3.84. The smallest absolute Gasteiger partial charge is 0.186 e. The van der Waals surface area contributed by atoms with Crippen molar-refractivity contribution in [1.29, 1.82) is 0 Å². The number of ether oxygens (including phenoxy) is 2. The third-order valence-corrected chi connectivity index (χ3v) is 10.3. The highest BCUT2D eigenvalue weighted by Gasteiger charge is 2.73. The average Bonchev–Trinajstić information content (AvgIpc) is 2.81. The molecule has 0 spiro atoms. The van der Waals surface area contributed by atoms with Gasteiger partial charge in [-0.1, -0.05) is 33.8 Å². The summed E-state index contributed by atoms with van der Waals surface area (Å²) in [5.74, 6) is -1.24. The molecule has 0 radical (unpaired) electrons. The predicted molar refractivity (Wildman–Crippen MR) is 127 cm³/mol. The Bertz CT molecular complexity index is 836. The number of hydrogen-bond donors (Lipinski definition) is 8. The van der Waals surface area contributed by atoms with Crippen molar-refractivity contribution in [2.75, 3.05) is 6.61 Å². The minimum atomic E-state index is -2.06. The molecule has 4 fully saturated rings. The molecule has 0 aromatic heterocycles. The summed E-state index contributed by atoms with van der Waals surface area (Å²) in [6, 6.07) is 0. The van der Waals surface area contributed by atoms with Crippen molar-refractivity contribution in [3.8, 4) is 0 Å². The average molecular weight is 517 g/mol. The summed E-state index contributed by atoms with van der Waals surface area (Å²) in [6.07, 6.45) is -8.88. The maximum atomic E-state index is 12.0. The maximum Gasteiger partial charge on any atom is 0.186 e. The Hall–Kier alpha value is -0.660. The predicted octanol–water partition coefficient (Wildman–Crippen LogP) is -0.956. The van der Waals surface area contributed by atoms with Crippen LogP contribution in [0.4, 0.5) is 0 Å². The Morgan fingerprint density at radius 1 is 1.00 bits per heavy atom. The van der Waals surface area contributed by atoms with Crippen molar-refractivity contribution in [3.05, 3.63) is 12.7 Å². The first-order chi connectivity index (χ1) is 16.6. The van der Waals surface area contributed by atoms with E-state index in [9.17, 15) is 40.9 Å². The van der Waals surface area contributed by atoms with Crippen LogP contribution in [0.5, 0.6) is 0 Å². The summed E-state index contributed by atoms with van der Waals surface area (Å²) in [7, 11) is 0. The number of aliphatic hydroxyl groups excluding tert-OH is 7. The van der Waals surface area contributed by atoms with Gasteiger partial charge >= 0.3 is 0 Å². The highest BCUT2D eigenvalue weighted by molar-refractivity contribution is 5.24. The molecule has 3 saturated carbocycles. The molecule has 3 aliphatic carbocycles. The first-order valence-corrected chi connectivity index (χ1v) is 13.0. The number of hydrogen-bond acceptors (Lipinski definition) is 10. The van der Waals surface area contributed by atoms with E-state index < -0.39 is 84.1 Å². The second-order valence-electron chi connectivity index (χ2n) is 12.8. The Kier molecular flexibility index (Phi) is 7.26. The van der Waals surface area contributed by atoms with Gasteiger partial charge in [-0.3, -0.25) is 0 Å². The van der Waals surface area contributed by atoms with Gasteiger partial charge in [-0.05, 0) is 37.0 Å². The molecule has 14 atom stereocenters. The zero-order valence-corrected chi connectivity index (χ0v) is 21.6. The van der Waals surface area contributed by atoms with E-state index in [2.05, 4.69) is 20.4 Å². The zero-order chi connectivity index (χ0) is 27.0. The van der Waals surface area contributed by atoms with Crippen molar-refractivity contribution >= 4 is 0 Å². The molecule has 8 N–H and O–H groups in total. The Morgan fingerprint density at radius 3 is 2.22 bits per heavy atom. The second-order valence-corrected chi connectivity index (χ2v) is 12.8. The van der Waals surface area contributed by atoms with E-state index in [1.165, 1.54) is 6.08 Å². The van der Waals surface area contributed by atoms with Gasteiger partial charge in [0, 0.05) is 16.7 Å². The minimum Gasteiger partial charge on any atom is -0.394 e. The van der Waals surface area contributed by atoms with Gasteiger partial charge in [-0.25, -0.2) is 0 Å². The van der Waals surface area contributed by atoms with Gasteiger partial charge < -0.3 is 50.3 Å². The molecular formula is C26H44O10. The fourth-order valence-electron chi connectivity index (χ4n) is 8.20. The first kappa shape index (κ1) is 28.4. The van der Waals surface area contributed by atoms with Gasteiger partial charge in [0.25, 0.3) is 0 Å². The van der Waals surface area contributed by atoms with Crippen molar-refractivity contribution in [1.82, 2.24) is 0 Å². The first-order valence-electron chi connectivity index (χ1n) is 13.0. The van der Waals surface area contributed by atoms with Crippen LogP contribution in [0.2, 0.25) is 0 Å². The number of rotatable bonds is 4. The van der Waals surface area contributed by atoms with Crippen LogP contribution in [0.25, 0.3) is 0 Å². The summed E-state index contributed by atoms with van der Waals surface area (Å²) < 4.78 is 11.9. The molecular weight excluding hydrogens is 472 g/mol. The molecule has 10 heteroatoms. The van der Waals surface area contributed by atoms with E-state index in [4.69, 9.17) is 9.47 Å². The van der Waals surface area contributed by atoms with Crippen LogP contribution < -0.4 is 0 Å². The van der Waals surface area contributed by atoms with E-state index in [0.29, 0.717) is 12.8 Å². The largest absolute Gasteiger partial charge is 0.394 e. The lowest BCUT2D eigenvalue weighted by atomic mass is 9.39. The van der Waals surface area contributed by atoms with Crippen LogP contribution in [0.3, 0.4) is 0 Å². The van der Waals surface area contributed by atoms with Gasteiger partial charge in [0.2, 0.25) is 0 Å². The molecule has 36 heavy (non-hydrogen) atoms. The Morgan fingerprint density at radius 2 is 1.64 bits per heavy atom. The highest BCUT2D eigenvalue weighted by Crippen LogP contribution is 2.67. The standard InChI is InChI=1S/C26H44O10/c1-6-24(4)10-12(28)20-25(5)14(9-15(29)26(20,34)22(24)33)23(2,3)8-7-16(25)36-21-19(32)18(31)17(30)13(11-27)35-21/h6,12-22,27-34H,1,7-11H2,2-5H3. The SMILES string of the molecule is C=CC1(C)CC(O)C2C3(C)C(OC4OC(CO)C(O)C(O)C4O)CCC(C)(C)C3CC(O)C2(O)C1O. The molecule has 4 aliphatic rings. The van der Waals surface area contributed by atoms with Crippen molar-refractivity contribution in [2.45, 2.75) is 114 Å². The Balaban J connectivity index is 1.77. The molecule has 1 saturated heterocycles. The maximum absolute atomic E-state index is 12.0. The van der Waals surface area contributed by atoms with Gasteiger partial charge in [-0.2, -0.15) is 0 Å². The van der Waals surface area contributed by atoms with Gasteiger partial charge in [0.05, 0.1) is 31.0 Å². The van der Waals surface area contributed by atoms with Gasteiger partial charge in [0.15, 0.2) is 6.29 Å². The molecule has 0 amide bonds. The number of aliphatic hydroxyl groups is 8. The highest BCUT2D eigenvalue weighted by atomic mass is 16.7. The summed E-state index contributed by atoms with van der Waals surface area (Å²) >= 11 is 0. The Labute approximate surface area is 212 Å². The third-order valence-electron chi connectivity index (χ3n) is 10.3. The molecule has 14 unspecified atom stereocenters. The molecule has 208 valence electrons. The molecule has 0 bridgehead atoms. The van der Waals surface area contributed by atoms with Crippen LogP contribution >= 0.6 is 0 Å². The molecule has 4 rings (SSSR count).